The second-order valence-electron chi connectivity index (χ2n) is 5.23. The van der Waals surface area contributed by atoms with E-state index in [-0.39, 0.29) is 24.9 Å². The molecule has 0 spiro atoms. The van der Waals surface area contributed by atoms with Gasteiger partial charge in [-0.25, -0.2) is 4.79 Å². The quantitative estimate of drug-likeness (QED) is 0.660. The molecule has 0 saturated carbocycles. The van der Waals surface area contributed by atoms with Gasteiger partial charge in [0.2, 0.25) is 5.91 Å². The highest BCUT2D eigenvalue weighted by atomic mass is 79.9. The summed E-state index contributed by atoms with van der Waals surface area (Å²) in [6, 6.07) is 14.4. The zero-order valence-electron chi connectivity index (χ0n) is 13.8. The monoisotopic (exact) mass is 405 g/mol. The Kier molecular flexibility index (Phi) is 7.28. The summed E-state index contributed by atoms with van der Waals surface area (Å²) in [7, 11) is 1.59. The first kappa shape index (κ1) is 18.8. The van der Waals surface area contributed by atoms with E-state index in [1.54, 1.807) is 19.2 Å². The predicted octanol–water partition coefficient (Wildman–Crippen LogP) is 3.29. The maximum Gasteiger partial charge on any atom is 0.319 e. The van der Waals surface area contributed by atoms with Crippen molar-refractivity contribution in [2.75, 3.05) is 19.0 Å². The molecule has 0 bridgehead atoms. The number of carbonyl (C=O) groups excluding carboxylic acids is 2. The van der Waals surface area contributed by atoms with Crippen LogP contribution >= 0.6 is 15.9 Å². The van der Waals surface area contributed by atoms with Gasteiger partial charge in [-0.3, -0.25) is 4.79 Å². The minimum absolute atomic E-state index is 0.144. The summed E-state index contributed by atoms with van der Waals surface area (Å²) in [4.78, 5) is 23.6. The molecule has 2 aromatic rings. The molecule has 0 aliphatic rings. The van der Waals surface area contributed by atoms with Gasteiger partial charge in [0.25, 0.3) is 0 Å². The number of carbonyl (C=O) groups is 2. The third-order valence-corrected chi connectivity index (χ3v) is 3.94. The highest BCUT2D eigenvalue weighted by molar-refractivity contribution is 9.10. The average molecular weight is 406 g/mol. The van der Waals surface area contributed by atoms with Crippen LogP contribution in [-0.2, 0) is 11.3 Å². The first-order valence-corrected chi connectivity index (χ1v) is 8.57. The molecule has 0 aliphatic carbocycles. The first-order valence-electron chi connectivity index (χ1n) is 7.77. The van der Waals surface area contributed by atoms with Gasteiger partial charge in [-0.2, -0.15) is 0 Å². The molecule has 0 heterocycles. The largest absolute Gasteiger partial charge is 0.496 e. The molecule has 25 heavy (non-hydrogen) atoms. The van der Waals surface area contributed by atoms with Crippen molar-refractivity contribution >= 4 is 33.6 Å². The van der Waals surface area contributed by atoms with E-state index < -0.39 is 0 Å². The third kappa shape index (κ3) is 6.46. The minimum atomic E-state index is -0.347. The molecular formula is C18H20BrN3O3. The topological polar surface area (TPSA) is 79.5 Å². The van der Waals surface area contributed by atoms with E-state index >= 15 is 0 Å². The average Bonchev–Trinajstić information content (AvgIpc) is 2.62. The molecule has 2 aromatic carbocycles. The number of nitrogens with one attached hydrogen (secondary N) is 3. The van der Waals surface area contributed by atoms with Gasteiger partial charge in [0, 0.05) is 35.2 Å². The summed E-state index contributed by atoms with van der Waals surface area (Å²) >= 11 is 3.33. The van der Waals surface area contributed by atoms with Crippen LogP contribution in [0.3, 0.4) is 0 Å². The molecule has 3 amide bonds. The fourth-order valence-corrected chi connectivity index (χ4v) is 2.39. The first-order chi connectivity index (χ1) is 12.1. The molecule has 0 unspecified atom stereocenters. The van der Waals surface area contributed by atoms with E-state index in [9.17, 15) is 9.59 Å². The maximum absolute atomic E-state index is 11.9. The molecule has 0 fully saturated rings. The molecule has 0 atom stereocenters. The number of rotatable bonds is 7. The molecule has 0 aromatic heterocycles. The number of hydrogen-bond donors (Lipinski definition) is 3. The number of hydrogen-bond acceptors (Lipinski definition) is 3. The minimum Gasteiger partial charge on any atom is -0.496 e. The fraction of sp³-hybridized carbons (Fsp3) is 0.222. The lowest BCUT2D eigenvalue weighted by Gasteiger charge is -2.10. The van der Waals surface area contributed by atoms with Crippen molar-refractivity contribution in [2.45, 2.75) is 13.0 Å². The number of benzene rings is 2. The van der Waals surface area contributed by atoms with Gasteiger partial charge in [-0.05, 0) is 30.3 Å². The lowest BCUT2D eigenvalue weighted by Crippen LogP contribution is -2.33. The summed E-state index contributed by atoms with van der Waals surface area (Å²) < 4.78 is 6.17. The fourth-order valence-electron chi connectivity index (χ4n) is 2.13. The Hall–Kier alpha value is -2.54. The summed E-state index contributed by atoms with van der Waals surface area (Å²) in [5, 5.41) is 8.15. The zero-order chi connectivity index (χ0) is 18.1. The standard InChI is InChI=1S/C18H20BrN3O3/c1-25-16-5-3-2-4-13(16)12-21-17(23)10-11-20-18(24)22-15-8-6-14(19)7-9-15/h2-9H,10-12H2,1H3,(H,21,23)(H2,20,22,24). The number of para-hydroxylation sites is 1. The van der Waals surface area contributed by atoms with E-state index in [0.29, 0.717) is 12.2 Å². The summed E-state index contributed by atoms with van der Waals surface area (Å²) in [6.07, 6.45) is 0.197. The summed E-state index contributed by atoms with van der Waals surface area (Å²) in [6.45, 7) is 0.633. The van der Waals surface area contributed by atoms with Crippen LogP contribution in [0.2, 0.25) is 0 Å². The Bertz CT molecular complexity index is 720. The van der Waals surface area contributed by atoms with Crippen molar-refractivity contribution in [1.82, 2.24) is 10.6 Å². The Morgan fingerprint density at radius 2 is 1.76 bits per heavy atom. The number of methoxy groups -OCH3 is 1. The Labute approximate surface area is 155 Å². The number of amides is 3. The van der Waals surface area contributed by atoms with E-state index in [4.69, 9.17) is 4.74 Å². The van der Waals surface area contributed by atoms with Crippen molar-refractivity contribution in [3.8, 4) is 5.75 Å². The van der Waals surface area contributed by atoms with Crippen LogP contribution in [0.5, 0.6) is 5.75 Å². The molecule has 0 radical (unpaired) electrons. The lowest BCUT2D eigenvalue weighted by atomic mass is 10.2. The van der Waals surface area contributed by atoms with Gasteiger partial charge in [0.15, 0.2) is 0 Å². The summed E-state index contributed by atoms with van der Waals surface area (Å²) in [5.74, 6) is 0.588. The lowest BCUT2D eigenvalue weighted by molar-refractivity contribution is -0.121. The molecule has 132 valence electrons. The molecule has 0 aliphatic heterocycles. The SMILES string of the molecule is COc1ccccc1CNC(=O)CCNC(=O)Nc1ccc(Br)cc1. The normalized spacial score (nSPS) is 10.0. The molecule has 7 heteroatoms. The highest BCUT2D eigenvalue weighted by Gasteiger charge is 2.06. The van der Waals surface area contributed by atoms with Gasteiger partial charge >= 0.3 is 6.03 Å². The number of ether oxygens (including phenoxy) is 1. The van der Waals surface area contributed by atoms with Crippen LogP contribution < -0.4 is 20.7 Å². The van der Waals surface area contributed by atoms with Gasteiger partial charge in [-0.15, -0.1) is 0 Å². The molecular weight excluding hydrogens is 386 g/mol. The van der Waals surface area contributed by atoms with Gasteiger partial charge in [0.1, 0.15) is 5.75 Å². The van der Waals surface area contributed by atoms with Crippen LogP contribution in [0.15, 0.2) is 53.0 Å². The van der Waals surface area contributed by atoms with Crippen LogP contribution in [-0.4, -0.2) is 25.6 Å². The second-order valence-corrected chi connectivity index (χ2v) is 6.14. The number of urea groups is 1. The van der Waals surface area contributed by atoms with Gasteiger partial charge in [0.05, 0.1) is 7.11 Å². The summed E-state index contributed by atoms with van der Waals surface area (Å²) in [5.41, 5.74) is 1.58. The van der Waals surface area contributed by atoms with Gasteiger partial charge in [-0.1, -0.05) is 34.1 Å². The van der Waals surface area contributed by atoms with Crippen LogP contribution in [0.25, 0.3) is 0 Å². The smallest absolute Gasteiger partial charge is 0.319 e. The van der Waals surface area contributed by atoms with Crippen LogP contribution in [0, 0.1) is 0 Å². The van der Waals surface area contributed by atoms with E-state index in [1.807, 2.05) is 36.4 Å². The highest BCUT2D eigenvalue weighted by Crippen LogP contribution is 2.16. The number of halogens is 1. The molecule has 0 saturated heterocycles. The van der Waals surface area contributed by atoms with Crippen molar-refractivity contribution in [3.05, 3.63) is 58.6 Å². The number of anilines is 1. The molecule has 2 rings (SSSR count). The van der Waals surface area contributed by atoms with Crippen molar-refractivity contribution in [2.24, 2.45) is 0 Å². The Morgan fingerprint density at radius 1 is 1.04 bits per heavy atom. The Morgan fingerprint density at radius 3 is 2.48 bits per heavy atom. The van der Waals surface area contributed by atoms with E-state index in [2.05, 4.69) is 31.9 Å². The van der Waals surface area contributed by atoms with E-state index in [1.165, 1.54) is 0 Å². The maximum atomic E-state index is 11.9. The predicted molar refractivity (Wildman–Crippen MR) is 101 cm³/mol. The molecule has 3 N–H and O–H groups in total. The van der Waals surface area contributed by atoms with Gasteiger partial charge < -0.3 is 20.7 Å². The van der Waals surface area contributed by atoms with Crippen LogP contribution in [0.1, 0.15) is 12.0 Å². The van der Waals surface area contributed by atoms with Crippen molar-refractivity contribution in [1.29, 1.82) is 0 Å². The van der Waals surface area contributed by atoms with E-state index in [0.717, 1.165) is 15.8 Å². The second kappa shape index (κ2) is 9.68. The molecule has 6 nitrogen and oxygen atoms in total. The zero-order valence-corrected chi connectivity index (χ0v) is 15.4. The van der Waals surface area contributed by atoms with Crippen LogP contribution in [0.4, 0.5) is 10.5 Å². The Balaban J connectivity index is 1.68. The third-order valence-electron chi connectivity index (χ3n) is 3.41. The van der Waals surface area contributed by atoms with Crippen molar-refractivity contribution < 1.29 is 14.3 Å². The van der Waals surface area contributed by atoms with Crippen molar-refractivity contribution in [3.63, 3.8) is 0 Å².